The van der Waals surface area contributed by atoms with Crippen molar-refractivity contribution in [1.82, 2.24) is 4.90 Å². The fourth-order valence-corrected chi connectivity index (χ4v) is 3.57. The molecule has 0 aliphatic carbocycles. The largest absolute Gasteiger partial charge is 0.465 e. The van der Waals surface area contributed by atoms with Gasteiger partial charge in [0.05, 0.1) is 23.9 Å². The number of amides is 3. The van der Waals surface area contributed by atoms with Crippen LogP contribution in [0.1, 0.15) is 60.5 Å². The van der Waals surface area contributed by atoms with Gasteiger partial charge < -0.3 is 10.1 Å². The van der Waals surface area contributed by atoms with Gasteiger partial charge in [0.25, 0.3) is 17.7 Å². The smallest absolute Gasteiger partial charge is 0.350 e. The molecule has 0 unspecified atom stereocenters. The van der Waals surface area contributed by atoms with Crippen molar-refractivity contribution >= 4 is 40.7 Å². The van der Waals surface area contributed by atoms with Gasteiger partial charge in [-0.15, -0.1) is 11.3 Å². The lowest BCUT2D eigenvalue weighted by atomic mass is 10.1. The van der Waals surface area contributed by atoms with Crippen LogP contribution in [0.15, 0.2) is 29.6 Å². The minimum Gasteiger partial charge on any atom is -0.465 e. The Hall–Kier alpha value is -3.00. The summed E-state index contributed by atoms with van der Waals surface area (Å²) in [6.07, 6.45) is 1.59. The average Bonchev–Trinajstić information content (AvgIpc) is 3.23. The molecule has 0 radical (unpaired) electrons. The quantitative estimate of drug-likeness (QED) is 0.608. The molecule has 0 saturated heterocycles. The highest BCUT2D eigenvalue weighted by Crippen LogP contribution is 2.26. The van der Waals surface area contributed by atoms with E-state index in [1.54, 1.807) is 11.4 Å². The zero-order valence-corrected chi connectivity index (χ0v) is 15.7. The third kappa shape index (κ3) is 3.48. The van der Waals surface area contributed by atoms with Crippen molar-refractivity contribution < 1.29 is 23.9 Å². The van der Waals surface area contributed by atoms with E-state index in [1.165, 1.54) is 30.2 Å². The average molecular weight is 386 g/mol. The summed E-state index contributed by atoms with van der Waals surface area (Å²) in [5.74, 6) is -1.74. The second kappa shape index (κ2) is 7.71. The summed E-state index contributed by atoms with van der Waals surface area (Å²) in [7, 11) is 1.26. The highest BCUT2D eigenvalue weighted by Gasteiger charge is 2.35. The zero-order chi connectivity index (χ0) is 19.6. The first-order valence-corrected chi connectivity index (χ1v) is 9.33. The third-order valence-corrected chi connectivity index (χ3v) is 5.15. The molecule has 0 atom stereocenters. The number of imide groups is 1. The second-order valence-corrected chi connectivity index (χ2v) is 6.90. The molecule has 2 heterocycles. The molecule has 1 aromatic carbocycles. The van der Waals surface area contributed by atoms with E-state index < -0.39 is 11.9 Å². The van der Waals surface area contributed by atoms with E-state index in [1.807, 2.05) is 6.92 Å². The van der Waals surface area contributed by atoms with Gasteiger partial charge in [-0.2, -0.15) is 0 Å². The molecule has 0 spiro atoms. The molecular formula is C19H18N2O5S. The van der Waals surface area contributed by atoms with Crippen LogP contribution >= 0.6 is 11.3 Å². The maximum absolute atomic E-state index is 12.5. The van der Waals surface area contributed by atoms with Gasteiger partial charge in [0, 0.05) is 12.1 Å². The lowest BCUT2D eigenvalue weighted by Crippen LogP contribution is -2.30. The number of benzene rings is 1. The second-order valence-electron chi connectivity index (χ2n) is 5.98. The Balaban J connectivity index is 1.83. The Morgan fingerprint density at radius 3 is 2.59 bits per heavy atom. The number of hydrogen-bond donors (Lipinski definition) is 1. The molecule has 140 valence electrons. The summed E-state index contributed by atoms with van der Waals surface area (Å²) < 4.78 is 4.69. The fraction of sp³-hybridized carbons (Fsp3) is 0.263. The van der Waals surface area contributed by atoms with Crippen molar-refractivity contribution in [3.05, 3.63) is 51.2 Å². The molecule has 1 aliphatic heterocycles. The van der Waals surface area contributed by atoms with Crippen molar-refractivity contribution in [2.75, 3.05) is 19.0 Å². The molecule has 3 amide bonds. The van der Waals surface area contributed by atoms with Gasteiger partial charge in [0.15, 0.2) is 0 Å². The number of methoxy groups -OCH3 is 1. The van der Waals surface area contributed by atoms with E-state index in [0.717, 1.165) is 24.2 Å². The Bertz CT molecular complexity index is 934. The Morgan fingerprint density at radius 1 is 1.15 bits per heavy atom. The van der Waals surface area contributed by atoms with E-state index in [0.29, 0.717) is 17.8 Å². The van der Waals surface area contributed by atoms with E-state index in [2.05, 4.69) is 10.1 Å². The van der Waals surface area contributed by atoms with Gasteiger partial charge in [-0.05, 0) is 36.1 Å². The van der Waals surface area contributed by atoms with Crippen LogP contribution < -0.4 is 5.32 Å². The minimum absolute atomic E-state index is 0.224. The number of rotatable bonds is 6. The van der Waals surface area contributed by atoms with Crippen molar-refractivity contribution in [2.45, 2.75) is 19.8 Å². The van der Waals surface area contributed by atoms with Crippen LogP contribution in [0.5, 0.6) is 0 Å². The summed E-state index contributed by atoms with van der Waals surface area (Å²) in [5.41, 5.74) is 1.10. The molecule has 2 aromatic rings. The standard InChI is InChI=1S/C19H18N2O5S/c1-3-4-8-21-17(23)12-6-5-11(10-13(12)18(21)24)16(22)20-14-7-9-27-15(14)19(25)26-2/h5-7,9-10H,3-4,8H2,1-2H3,(H,20,22). The summed E-state index contributed by atoms with van der Waals surface area (Å²) in [6, 6.07) is 6.00. The van der Waals surface area contributed by atoms with Crippen molar-refractivity contribution in [3.63, 3.8) is 0 Å². The van der Waals surface area contributed by atoms with Crippen LogP contribution in [-0.2, 0) is 4.74 Å². The summed E-state index contributed by atoms with van der Waals surface area (Å²) >= 11 is 1.15. The predicted molar refractivity (Wildman–Crippen MR) is 100 cm³/mol. The van der Waals surface area contributed by atoms with E-state index in [-0.39, 0.29) is 27.8 Å². The Kier molecular flexibility index (Phi) is 5.36. The Labute approximate surface area is 159 Å². The lowest BCUT2D eigenvalue weighted by molar-refractivity contribution is 0.0604. The number of anilines is 1. The third-order valence-electron chi connectivity index (χ3n) is 4.25. The van der Waals surface area contributed by atoms with Gasteiger partial charge in [-0.25, -0.2) is 4.79 Å². The molecule has 7 nitrogen and oxygen atoms in total. The lowest BCUT2D eigenvalue weighted by Gasteiger charge is -2.12. The number of hydrogen-bond acceptors (Lipinski definition) is 6. The molecule has 27 heavy (non-hydrogen) atoms. The summed E-state index contributed by atoms with van der Waals surface area (Å²) in [4.78, 5) is 50.6. The van der Waals surface area contributed by atoms with Crippen LogP contribution in [0.25, 0.3) is 0 Å². The topological polar surface area (TPSA) is 92.8 Å². The number of carbonyl (C=O) groups is 4. The molecular weight excluding hydrogens is 368 g/mol. The first-order chi connectivity index (χ1) is 13.0. The zero-order valence-electron chi connectivity index (χ0n) is 14.9. The van der Waals surface area contributed by atoms with Crippen LogP contribution in [0.2, 0.25) is 0 Å². The number of carbonyl (C=O) groups excluding carboxylic acids is 4. The van der Waals surface area contributed by atoms with Crippen LogP contribution in [0.3, 0.4) is 0 Å². The maximum atomic E-state index is 12.5. The molecule has 0 fully saturated rings. The first kappa shape index (κ1) is 18.8. The monoisotopic (exact) mass is 386 g/mol. The molecule has 1 aromatic heterocycles. The highest BCUT2D eigenvalue weighted by atomic mass is 32.1. The maximum Gasteiger partial charge on any atom is 0.350 e. The number of nitrogens with one attached hydrogen (secondary N) is 1. The van der Waals surface area contributed by atoms with Crippen molar-refractivity contribution in [3.8, 4) is 0 Å². The van der Waals surface area contributed by atoms with Crippen LogP contribution in [-0.4, -0.2) is 42.2 Å². The minimum atomic E-state index is -0.540. The van der Waals surface area contributed by atoms with E-state index in [9.17, 15) is 19.2 Å². The van der Waals surface area contributed by atoms with Crippen LogP contribution in [0, 0.1) is 0 Å². The van der Waals surface area contributed by atoms with Gasteiger partial charge in [0.1, 0.15) is 4.88 Å². The molecule has 1 N–H and O–H groups in total. The fourth-order valence-electron chi connectivity index (χ4n) is 2.80. The molecule has 8 heteroatoms. The SMILES string of the molecule is CCCCN1C(=O)c2ccc(C(=O)Nc3ccsc3C(=O)OC)cc2C1=O. The number of unbranched alkanes of at least 4 members (excludes halogenated alkanes) is 1. The number of thiophene rings is 1. The number of nitrogens with zero attached hydrogens (tertiary/aromatic N) is 1. The number of esters is 1. The normalized spacial score (nSPS) is 12.9. The Morgan fingerprint density at radius 2 is 1.89 bits per heavy atom. The molecule has 3 rings (SSSR count). The predicted octanol–water partition coefficient (Wildman–Crippen LogP) is 3.18. The van der Waals surface area contributed by atoms with Gasteiger partial charge in [0.2, 0.25) is 0 Å². The molecule has 0 bridgehead atoms. The molecule has 0 saturated carbocycles. The summed E-state index contributed by atoms with van der Waals surface area (Å²) in [5, 5.41) is 4.31. The van der Waals surface area contributed by atoms with Crippen molar-refractivity contribution in [1.29, 1.82) is 0 Å². The first-order valence-electron chi connectivity index (χ1n) is 8.45. The summed E-state index contributed by atoms with van der Waals surface area (Å²) in [6.45, 7) is 2.34. The van der Waals surface area contributed by atoms with Gasteiger partial charge >= 0.3 is 5.97 Å². The molecule has 1 aliphatic rings. The van der Waals surface area contributed by atoms with Crippen molar-refractivity contribution in [2.24, 2.45) is 0 Å². The van der Waals surface area contributed by atoms with Gasteiger partial charge in [-0.3, -0.25) is 19.3 Å². The van der Waals surface area contributed by atoms with E-state index in [4.69, 9.17) is 0 Å². The number of ether oxygens (including phenoxy) is 1. The van der Waals surface area contributed by atoms with Crippen LogP contribution in [0.4, 0.5) is 5.69 Å². The van der Waals surface area contributed by atoms with Gasteiger partial charge in [-0.1, -0.05) is 13.3 Å². The number of fused-ring (bicyclic) bond motifs is 1. The highest BCUT2D eigenvalue weighted by molar-refractivity contribution is 7.12. The van der Waals surface area contributed by atoms with E-state index >= 15 is 0 Å².